The molecule has 0 radical (unpaired) electrons. The fraction of sp³-hybridized carbons (Fsp3) is 0.300. The van der Waals surface area contributed by atoms with Crippen molar-refractivity contribution in [2.45, 2.75) is 12.5 Å². The van der Waals surface area contributed by atoms with E-state index in [1.165, 1.54) is 0 Å². The lowest BCUT2D eigenvalue weighted by Gasteiger charge is -2.25. The number of amides is 1. The van der Waals surface area contributed by atoms with Crippen molar-refractivity contribution in [3.05, 3.63) is 18.2 Å². The summed E-state index contributed by atoms with van der Waals surface area (Å²) in [5.74, 6) is 0.337. The molecule has 0 bridgehead atoms. The Bertz CT molecular complexity index is 392. The lowest BCUT2D eigenvalue weighted by atomic mass is 10.1. The van der Waals surface area contributed by atoms with Crippen LogP contribution in [0, 0.1) is 0 Å². The molecule has 1 aromatic rings. The van der Waals surface area contributed by atoms with Gasteiger partial charge in [0.05, 0.1) is 5.69 Å². The summed E-state index contributed by atoms with van der Waals surface area (Å²) in [4.78, 5) is 11.5. The molecule has 0 aliphatic carbocycles. The summed E-state index contributed by atoms with van der Waals surface area (Å²) >= 11 is 0. The molecule has 4 N–H and O–H groups in total. The van der Waals surface area contributed by atoms with Crippen molar-refractivity contribution in [1.82, 2.24) is 0 Å². The van der Waals surface area contributed by atoms with Crippen LogP contribution in [0.4, 0.5) is 11.4 Å². The SMILES string of the molecule is Nc1ccc2c(c1)NC(=O)C(CCO)O2. The Morgan fingerprint density at radius 3 is 3.07 bits per heavy atom. The topological polar surface area (TPSA) is 84.6 Å². The summed E-state index contributed by atoms with van der Waals surface area (Å²) in [5, 5.41) is 11.4. The predicted molar refractivity (Wildman–Crippen MR) is 55.6 cm³/mol. The normalized spacial score (nSPS) is 19.0. The molecule has 1 amide bonds. The number of anilines is 2. The van der Waals surface area contributed by atoms with Gasteiger partial charge < -0.3 is 20.9 Å². The molecule has 0 saturated heterocycles. The molecule has 0 saturated carbocycles. The van der Waals surface area contributed by atoms with Gasteiger partial charge in [0.15, 0.2) is 6.10 Å². The highest BCUT2D eigenvalue weighted by Gasteiger charge is 2.26. The minimum atomic E-state index is -0.619. The van der Waals surface area contributed by atoms with Gasteiger partial charge in [0.25, 0.3) is 5.91 Å². The first-order valence-electron chi connectivity index (χ1n) is 4.68. The lowest BCUT2D eigenvalue weighted by Crippen LogP contribution is -2.37. The average molecular weight is 208 g/mol. The van der Waals surface area contributed by atoms with E-state index >= 15 is 0 Å². The van der Waals surface area contributed by atoms with Gasteiger partial charge in [0.1, 0.15) is 5.75 Å². The van der Waals surface area contributed by atoms with E-state index in [2.05, 4.69) is 5.32 Å². The van der Waals surface area contributed by atoms with Gasteiger partial charge in [-0.15, -0.1) is 0 Å². The Balaban J connectivity index is 2.26. The third-order valence-electron chi connectivity index (χ3n) is 2.21. The van der Waals surface area contributed by atoms with E-state index in [-0.39, 0.29) is 18.9 Å². The van der Waals surface area contributed by atoms with Crippen LogP contribution in [0.3, 0.4) is 0 Å². The van der Waals surface area contributed by atoms with Crippen LogP contribution in [0.5, 0.6) is 5.75 Å². The number of benzene rings is 1. The van der Waals surface area contributed by atoms with Crippen molar-refractivity contribution >= 4 is 17.3 Å². The van der Waals surface area contributed by atoms with Crippen LogP contribution >= 0.6 is 0 Å². The van der Waals surface area contributed by atoms with Crippen molar-refractivity contribution in [3.63, 3.8) is 0 Å². The molecule has 1 aliphatic rings. The first kappa shape index (κ1) is 9.79. The maximum atomic E-state index is 11.5. The Labute approximate surface area is 86.8 Å². The molecule has 1 atom stereocenters. The van der Waals surface area contributed by atoms with Crippen LogP contribution in [-0.2, 0) is 4.79 Å². The second-order valence-electron chi connectivity index (χ2n) is 3.36. The van der Waals surface area contributed by atoms with Gasteiger partial charge in [-0.1, -0.05) is 0 Å². The zero-order valence-corrected chi connectivity index (χ0v) is 8.06. The Kier molecular flexibility index (Phi) is 2.47. The second kappa shape index (κ2) is 3.78. The van der Waals surface area contributed by atoms with Gasteiger partial charge in [0.2, 0.25) is 0 Å². The van der Waals surface area contributed by atoms with Gasteiger partial charge >= 0.3 is 0 Å². The molecule has 5 heteroatoms. The van der Waals surface area contributed by atoms with E-state index in [1.54, 1.807) is 18.2 Å². The third kappa shape index (κ3) is 1.87. The summed E-state index contributed by atoms with van der Waals surface area (Å²) in [7, 11) is 0. The molecule has 0 spiro atoms. The average Bonchev–Trinajstić information content (AvgIpc) is 2.20. The number of hydrogen-bond donors (Lipinski definition) is 3. The zero-order valence-electron chi connectivity index (χ0n) is 8.06. The molecular weight excluding hydrogens is 196 g/mol. The highest BCUT2D eigenvalue weighted by atomic mass is 16.5. The number of fused-ring (bicyclic) bond motifs is 1. The molecule has 80 valence electrons. The minimum absolute atomic E-state index is 0.0810. The summed E-state index contributed by atoms with van der Waals surface area (Å²) in [6.07, 6.45) is -0.332. The molecule has 0 aromatic heterocycles. The number of nitrogens with two attached hydrogens (primary N) is 1. The van der Waals surface area contributed by atoms with Gasteiger partial charge in [-0.3, -0.25) is 4.79 Å². The smallest absolute Gasteiger partial charge is 0.265 e. The molecule has 1 unspecified atom stereocenters. The summed E-state index contributed by atoms with van der Waals surface area (Å²) < 4.78 is 5.41. The molecular formula is C10H12N2O3. The monoisotopic (exact) mass is 208 g/mol. The number of carbonyl (C=O) groups excluding carboxylic acids is 1. The standard InChI is InChI=1S/C10H12N2O3/c11-6-1-2-8-7(5-6)12-10(14)9(15-8)3-4-13/h1-2,5,9,13H,3-4,11H2,(H,12,14). The van der Waals surface area contributed by atoms with Crippen molar-refractivity contribution in [2.24, 2.45) is 0 Å². The largest absolute Gasteiger partial charge is 0.478 e. The molecule has 5 nitrogen and oxygen atoms in total. The predicted octanol–water partition coefficient (Wildman–Crippen LogP) is 0.351. The van der Waals surface area contributed by atoms with Crippen molar-refractivity contribution < 1.29 is 14.6 Å². The second-order valence-corrected chi connectivity index (χ2v) is 3.36. The zero-order chi connectivity index (χ0) is 10.8. The quantitative estimate of drug-likeness (QED) is 0.612. The molecule has 1 heterocycles. The Morgan fingerprint density at radius 2 is 2.33 bits per heavy atom. The number of nitrogens with one attached hydrogen (secondary N) is 1. The van der Waals surface area contributed by atoms with E-state index < -0.39 is 6.10 Å². The van der Waals surface area contributed by atoms with Gasteiger partial charge in [0, 0.05) is 18.7 Å². The summed E-state index contributed by atoms with van der Waals surface area (Å²) in [6, 6.07) is 5.04. The van der Waals surface area contributed by atoms with E-state index in [0.29, 0.717) is 17.1 Å². The van der Waals surface area contributed by atoms with Gasteiger partial charge in [-0.25, -0.2) is 0 Å². The molecule has 1 aliphatic heterocycles. The van der Waals surface area contributed by atoms with Crippen LogP contribution in [0.1, 0.15) is 6.42 Å². The highest BCUT2D eigenvalue weighted by molar-refractivity contribution is 5.98. The number of ether oxygens (including phenoxy) is 1. The van der Waals surface area contributed by atoms with E-state index in [0.717, 1.165) is 0 Å². The molecule has 1 aromatic carbocycles. The maximum Gasteiger partial charge on any atom is 0.265 e. The summed E-state index contributed by atoms with van der Waals surface area (Å²) in [5.41, 5.74) is 6.72. The molecule has 15 heavy (non-hydrogen) atoms. The van der Waals surface area contributed by atoms with Crippen LogP contribution in [-0.4, -0.2) is 23.7 Å². The van der Waals surface area contributed by atoms with Crippen molar-refractivity contribution in [3.8, 4) is 5.75 Å². The van der Waals surface area contributed by atoms with E-state index in [1.807, 2.05) is 0 Å². The fourth-order valence-corrected chi connectivity index (χ4v) is 1.48. The Morgan fingerprint density at radius 1 is 1.53 bits per heavy atom. The minimum Gasteiger partial charge on any atom is -0.478 e. The van der Waals surface area contributed by atoms with Crippen LogP contribution in [0.15, 0.2) is 18.2 Å². The number of hydrogen-bond acceptors (Lipinski definition) is 4. The molecule has 2 rings (SSSR count). The lowest BCUT2D eigenvalue weighted by molar-refractivity contribution is -0.124. The van der Waals surface area contributed by atoms with E-state index in [9.17, 15) is 4.79 Å². The number of aliphatic hydroxyl groups excluding tert-OH is 1. The van der Waals surface area contributed by atoms with Crippen molar-refractivity contribution in [2.75, 3.05) is 17.7 Å². The first-order valence-corrected chi connectivity index (χ1v) is 4.68. The van der Waals surface area contributed by atoms with Crippen LogP contribution in [0.2, 0.25) is 0 Å². The maximum absolute atomic E-state index is 11.5. The first-order chi connectivity index (χ1) is 7.20. The third-order valence-corrected chi connectivity index (χ3v) is 2.21. The fourth-order valence-electron chi connectivity index (χ4n) is 1.48. The molecule has 0 fully saturated rings. The van der Waals surface area contributed by atoms with Gasteiger partial charge in [-0.2, -0.15) is 0 Å². The number of aliphatic hydroxyl groups is 1. The van der Waals surface area contributed by atoms with Crippen molar-refractivity contribution in [1.29, 1.82) is 0 Å². The number of carbonyl (C=O) groups is 1. The Hall–Kier alpha value is -1.75. The van der Waals surface area contributed by atoms with Gasteiger partial charge in [-0.05, 0) is 18.2 Å². The summed E-state index contributed by atoms with van der Waals surface area (Å²) in [6.45, 7) is -0.0810. The highest BCUT2D eigenvalue weighted by Crippen LogP contribution is 2.31. The van der Waals surface area contributed by atoms with E-state index in [4.69, 9.17) is 15.6 Å². The van der Waals surface area contributed by atoms with Crippen LogP contribution in [0.25, 0.3) is 0 Å². The number of rotatable bonds is 2. The number of nitrogen functional groups attached to an aromatic ring is 1. The van der Waals surface area contributed by atoms with Crippen LogP contribution < -0.4 is 15.8 Å².